The summed E-state index contributed by atoms with van der Waals surface area (Å²) in [5.41, 5.74) is 7.03. The molecule has 0 saturated heterocycles. The number of nitrogens with one attached hydrogen (secondary N) is 3. The van der Waals surface area contributed by atoms with Gasteiger partial charge in [0.05, 0.1) is 22.5 Å². The van der Waals surface area contributed by atoms with Crippen molar-refractivity contribution in [1.29, 1.82) is 0 Å². The lowest BCUT2D eigenvalue weighted by Gasteiger charge is -2.09. The minimum absolute atomic E-state index is 0.144. The van der Waals surface area contributed by atoms with Gasteiger partial charge in [-0.25, -0.2) is 9.37 Å². The number of anilines is 3. The molecule has 0 saturated carbocycles. The van der Waals surface area contributed by atoms with Crippen LogP contribution in [0.5, 0.6) is 0 Å². The molecule has 9 heteroatoms. The molecule has 0 aliphatic carbocycles. The Bertz CT molecular complexity index is 1010. The molecule has 0 bridgehead atoms. The Kier molecular flexibility index (Phi) is 6.88. The van der Waals surface area contributed by atoms with E-state index in [0.29, 0.717) is 42.1 Å². The van der Waals surface area contributed by atoms with Gasteiger partial charge in [-0.05, 0) is 48.9 Å². The first-order valence-electron chi connectivity index (χ1n) is 9.27. The second-order valence-corrected chi connectivity index (χ2v) is 6.40. The van der Waals surface area contributed by atoms with Gasteiger partial charge in [-0.15, -0.1) is 0 Å². The molecule has 0 aliphatic heterocycles. The van der Waals surface area contributed by atoms with Crippen molar-refractivity contribution in [3.8, 4) is 0 Å². The van der Waals surface area contributed by atoms with E-state index in [-0.39, 0.29) is 11.6 Å². The second-order valence-electron chi connectivity index (χ2n) is 6.40. The zero-order valence-corrected chi connectivity index (χ0v) is 16.1. The predicted molar refractivity (Wildman–Crippen MR) is 113 cm³/mol. The summed E-state index contributed by atoms with van der Waals surface area (Å²) in [7, 11) is 0. The highest BCUT2D eigenvalue weighted by atomic mass is 19.1. The summed E-state index contributed by atoms with van der Waals surface area (Å²) in [4.78, 5) is 32.3. The molecule has 2 amide bonds. The Balaban J connectivity index is 1.42. The molecule has 0 radical (unpaired) electrons. The smallest absolute Gasteiger partial charge is 0.257 e. The molecular weight excluding hydrogens is 387 g/mol. The van der Waals surface area contributed by atoms with Crippen molar-refractivity contribution < 1.29 is 14.0 Å². The van der Waals surface area contributed by atoms with Crippen LogP contribution in [0, 0.1) is 5.82 Å². The summed E-state index contributed by atoms with van der Waals surface area (Å²) in [6.45, 7) is 1.10. The van der Waals surface area contributed by atoms with Crippen LogP contribution in [0.4, 0.5) is 21.6 Å². The number of benzene rings is 1. The minimum atomic E-state index is -0.473. The number of nitrogens with two attached hydrogens (primary N) is 1. The molecule has 30 heavy (non-hydrogen) atoms. The highest BCUT2D eigenvalue weighted by molar-refractivity contribution is 6.05. The third kappa shape index (κ3) is 5.74. The number of hydrogen-bond donors (Lipinski definition) is 4. The molecule has 0 aliphatic rings. The van der Waals surface area contributed by atoms with Crippen LogP contribution in [0.15, 0.2) is 61.1 Å². The Morgan fingerprint density at radius 3 is 2.53 bits per heavy atom. The highest BCUT2D eigenvalue weighted by Gasteiger charge is 2.09. The molecule has 0 fully saturated rings. The van der Waals surface area contributed by atoms with Crippen LogP contribution >= 0.6 is 0 Å². The van der Waals surface area contributed by atoms with Gasteiger partial charge in [0.2, 0.25) is 0 Å². The van der Waals surface area contributed by atoms with Crippen LogP contribution in [-0.4, -0.2) is 34.9 Å². The molecule has 154 valence electrons. The topological polar surface area (TPSA) is 122 Å². The van der Waals surface area contributed by atoms with E-state index in [1.165, 1.54) is 24.5 Å². The van der Waals surface area contributed by atoms with Crippen molar-refractivity contribution in [2.45, 2.75) is 6.42 Å². The molecule has 0 atom stereocenters. The first kappa shape index (κ1) is 20.7. The van der Waals surface area contributed by atoms with E-state index in [4.69, 9.17) is 5.73 Å². The molecule has 8 nitrogen and oxygen atoms in total. The summed E-state index contributed by atoms with van der Waals surface area (Å²) < 4.78 is 13.1. The van der Waals surface area contributed by atoms with Crippen LogP contribution in [0.3, 0.4) is 0 Å². The molecule has 2 aromatic heterocycles. The monoisotopic (exact) mass is 408 g/mol. The standard InChI is InChI=1S/C21H21FN6O2/c22-16-5-6-18(17(23)11-16)28-21(30)15-4-7-19(27-13-15)25-9-2-10-26-20(29)14-3-1-8-24-12-14/h1,3-8,11-13H,2,9-10,23H2,(H,25,27)(H,26,29)(H,28,30). The summed E-state index contributed by atoms with van der Waals surface area (Å²) >= 11 is 0. The maximum Gasteiger partial charge on any atom is 0.257 e. The van der Waals surface area contributed by atoms with Crippen molar-refractivity contribution in [1.82, 2.24) is 15.3 Å². The SMILES string of the molecule is Nc1cc(F)ccc1NC(=O)c1ccc(NCCCNC(=O)c2cccnc2)nc1. The van der Waals surface area contributed by atoms with Crippen LogP contribution in [0.25, 0.3) is 0 Å². The fourth-order valence-electron chi connectivity index (χ4n) is 2.58. The quantitative estimate of drug-likeness (QED) is 0.336. The van der Waals surface area contributed by atoms with E-state index in [1.54, 1.807) is 30.5 Å². The number of aromatic nitrogens is 2. The lowest BCUT2D eigenvalue weighted by molar-refractivity contribution is 0.0952. The normalized spacial score (nSPS) is 10.3. The Morgan fingerprint density at radius 1 is 1.00 bits per heavy atom. The summed E-state index contributed by atoms with van der Waals surface area (Å²) in [5, 5.41) is 8.56. The molecule has 1 aromatic carbocycles. The van der Waals surface area contributed by atoms with Crippen LogP contribution in [-0.2, 0) is 0 Å². The van der Waals surface area contributed by atoms with Gasteiger partial charge in [-0.2, -0.15) is 0 Å². The number of rotatable bonds is 8. The zero-order chi connectivity index (χ0) is 21.3. The number of nitrogen functional groups attached to an aromatic ring is 1. The number of amides is 2. The van der Waals surface area contributed by atoms with Gasteiger partial charge in [0, 0.05) is 31.7 Å². The third-order valence-electron chi connectivity index (χ3n) is 4.16. The average molecular weight is 408 g/mol. The van der Waals surface area contributed by atoms with Gasteiger partial charge in [-0.3, -0.25) is 14.6 Å². The van der Waals surface area contributed by atoms with E-state index < -0.39 is 11.7 Å². The van der Waals surface area contributed by atoms with Crippen molar-refractivity contribution in [2.24, 2.45) is 0 Å². The average Bonchev–Trinajstić information content (AvgIpc) is 2.76. The van der Waals surface area contributed by atoms with Gasteiger partial charge >= 0.3 is 0 Å². The first-order valence-corrected chi connectivity index (χ1v) is 9.27. The Labute approximate surface area is 172 Å². The van der Waals surface area contributed by atoms with E-state index in [2.05, 4.69) is 25.9 Å². The predicted octanol–water partition coefficient (Wildman–Crippen LogP) is 2.68. The lowest BCUT2D eigenvalue weighted by Crippen LogP contribution is -2.25. The van der Waals surface area contributed by atoms with Gasteiger partial charge in [0.1, 0.15) is 11.6 Å². The largest absolute Gasteiger partial charge is 0.397 e. The number of carbonyl (C=O) groups excluding carboxylic acids is 2. The number of halogens is 1. The minimum Gasteiger partial charge on any atom is -0.397 e. The van der Waals surface area contributed by atoms with Gasteiger partial charge < -0.3 is 21.7 Å². The maximum atomic E-state index is 13.1. The van der Waals surface area contributed by atoms with E-state index in [0.717, 1.165) is 6.07 Å². The molecule has 0 spiro atoms. The fraction of sp³-hybridized carbons (Fsp3) is 0.143. The van der Waals surface area contributed by atoms with Crippen molar-refractivity contribution in [3.05, 3.63) is 78.0 Å². The molecule has 3 rings (SSSR count). The van der Waals surface area contributed by atoms with Gasteiger partial charge in [0.15, 0.2) is 0 Å². The van der Waals surface area contributed by atoms with Gasteiger partial charge in [0.25, 0.3) is 11.8 Å². The highest BCUT2D eigenvalue weighted by Crippen LogP contribution is 2.20. The van der Waals surface area contributed by atoms with E-state index in [9.17, 15) is 14.0 Å². The number of hydrogen-bond acceptors (Lipinski definition) is 6. The van der Waals surface area contributed by atoms with Gasteiger partial charge in [-0.1, -0.05) is 0 Å². The Morgan fingerprint density at radius 2 is 1.83 bits per heavy atom. The molecule has 2 heterocycles. The van der Waals surface area contributed by atoms with Crippen LogP contribution in [0.2, 0.25) is 0 Å². The van der Waals surface area contributed by atoms with Crippen molar-refractivity contribution >= 4 is 29.0 Å². The summed E-state index contributed by atoms with van der Waals surface area (Å²) in [6, 6.07) is 10.5. The number of pyridine rings is 2. The van der Waals surface area contributed by atoms with Crippen molar-refractivity contribution in [2.75, 3.05) is 29.5 Å². The molecule has 0 unspecified atom stereocenters. The summed E-state index contributed by atoms with van der Waals surface area (Å²) in [5.74, 6) is -0.436. The number of nitrogens with zero attached hydrogens (tertiary/aromatic N) is 2. The lowest BCUT2D eigenvalue weighted by atomic mass is 10.2. The first-order chi connectivity index (χ1) is 14.5. The van der Waals surface area contributed by atoms with Crippen LogP contribution < -0.4 is 21.7 Å². The maximum absolute atomic E-state index is 13.1. The second kappa shape index (κ2) is 9.97. The summed E-state index contributed by atoms with van der Waals surface area (Å²) in [6.07, 6.45) is 5.25. The van der Waals surface area contributed by atoms with Crippen LogP contribution in [0.1, 0.15) is 27.1 Å². The van der Waals surface area contributed by atoms with Crippen molar-refractivity contribution in [3.63, 3.8) is 0 Å². The Hall–Kier alpha value is -4.01. The third-order valence-corrected chi connectivity index (χ3v) is 4.16. The molecular formula is C21H21FN6O2. The fourth-order valence-corrected chi connectivity index (χ4v) is 2.58. The zero-order valence-electron chi connectivity index (χ0n) is 16.1. The molecule has 3 aromatic rings. The van der Waals surface area contributed by atoms with E-state index >= 15 is 0 Å². The molecule has 5 N–H and O–H groups in total. The van der Waals surface area contributed by atoms with E-state index in [1.807, 2.05) is 0 Å². The number of carbonyl (C=O) groups is 2.